The van der Waals surface area contributed by atoms with Crippen LogP contribution in [0.4, 0.5) is 5.69 Å². The quantitative estimate of drug-likeness (QED) is 0.268. The van der Waals surface area contributed by atoms with E-state index in [0.29, 0.717) is 15.1 Å². The Morgan fingerprint density at radius 1 is 0.878 bits per heavy atom. The molecule has 0 saturated heterocycles. The van der Waals surface area contributed by atoms with Crippen LogP contribution in [0.2, 0.25) is 15.1 Å². The van der Waals surface area contributed by atoms with Gasteiger partial charge in [-0.05, 0) is 79.9 Å². The number of anilines is 1. The second-order valence-corrected chi connectivity index (χ2v) is 13.3. The topological polar surface area (TPSA) is 86.8 Å². The van der Waals surface area contributed by atoms with Gasteiger partial charge in [-0.15, -0.1) is 0 Å². The van der Waals surface area contributed by atoms with Crippen LogP contribution in [0.3, 0.4) is 0 Å². The Morgan fingerprint density at radius 2 is 1.49 bits per heavy atom. The van der Waals surface area contributed by atoms with Gasteiger partial charge >= 0.3 is 0 Å². The minimum Gasteiger partial charge on any atom is -0.352 e. The number of benzene rings is 3. The van der Waals surface area contributed by atoms with E-state index < -0.39 is 28.5 Å². The predicted molar refractivity (Wildman–Crippen MR) is 164 cm³/mol. The first-order chi connectivity index (χ1) is 19.5. The van der Waals surface area contributed by atoms with Crippen LogP contribution in [-0.4, -0.2) is 43.8 Å². The number of rotatable bonds is 10. The summed E-state index contributed by atoms with van der Waals surface area (Å²) < 4.78 is 28.7. The monoisotopic (exact) mass is 635 g/mol. The summed E-state index contributed by atoms with van der Waals surface area (Å²) in [4.78, 5) is 28.7. The van der Waals surface area contributed by atoms with E-state index in [4.69, 9.17) is 34.8 Å². The van der Waals surface area contributed by atoms with Crippen molar-refractivity contribution in [1.82, 2.24) is 10.2 Å². The van der Waals surface area contributed by atoms with Gasteiger partial charge in [0, 0.05) is 27.7 Å². The van der Waals surface area contributed by atoms with Crippen molar-refractivity contribution < 1.29 is 18.0 Å². The molecule has 3 aromatic rings. The maximum Gasteiger partial charge on any atom is 0.264 e. The molecule has 0 aromatic heterocycles. The van der Waals surface area contributed by atoms with E-state index >= 15 is 0 Å². The second kappa shape index (κ2) is 13.9. The molecule has 0 heterocycles. The Bertz CT molecular complexity index is 1460. The molecule has 2 amide bonds. The Balaban J connectivity index is 1.67. The van der Waals surface area contributed by atoms with E-state index in [1.54, 1.807) is 49.4 Å². The number of nitrogens with one attached hydrogen (secondary N) is 1. The van der Waals surface area contributed by atoms with Crippen LogP contribution in [0.5, 0.6) is 0 Å². The molecule has 4 rings (SSSR count). The van der Waals surface area contributed by atoms with Crippen LogP contribution in [0, 0.1) is 0 Å². The fourth-order valence-electron chi connectivity index (χ4n) is 4.83. The highest BCUT2D eigenvalue weighted by Gasteiger charge is 2.33. The molecule has 1 atom stereocenters. The van der Waals surface area contributed by atoms with Crippen LogP contribution < -0.4 is 9.62 Å². The fourth-order valence-corrected chi connectivity index (χ4v) is 6.67. The molecule has 1 fully saturated rings. The fraction of sp³-hybridized carbons (Fsp3) is 0.333. The lowest BCUT2D eigenvalue weighted by Crippen LogP contribution is -2.53. The summed E-state index contributed by atoms with van der Waals surface area (Å²) in [6, 6.07) is 18.1. The van der Waals surface area contributed by atoms with Crippen molar-refractivity contribution in [2.24, 2.45) is 0 Å². The zero-order valence-corrected chi connectivity index (χ0v) is 25.7. The average Bonchev–Trinajstić information content (AvgIpc) is 2.95. The molecule has 3 aromatic carbocycles. The van der Waals surface area contributed by atoms with Crippen molar-refractivity contribution in [1.29, 1.82) is 0 Å². The normalized spacial score (nSPS) is 14.7. The highest BCUT2D eigenvalue weighted by molar-refractivity contribution is 7.92. The van der Waals surface area contributed by atoms with E-state index in [0.717, 1.165) is 42.0 Å². The van der Waals surface area contributed by atoms with E-state index in [1.807, 2.05) is 0 Å². The lowest BCUT2D eigenvalue weighted by molar-refractivity contribution is -0.139. The number of amides is 2. The van der Waals surface area contributed by atoms with E-state index in [1.165, 1.54) is 35.2 Å². The Morgan fingerprint density at radius 3 is 2.10 bits per heavy atom. The molecule has 1 aliphatic rings. The lowest BCUT2D eigenvalue weighted by atomic mass is 9.95. The smallest absolute Gasteiger partial charge is 0.264 e. The van der Waals surface area contributed by atoms with Crippen molar-refractivity contribution in [2.75, 3.05) is 10.8 Å². The third-order valence-electron chi connectivity index (χ3n) is 7.16. The van der Waals surface area contributed by atoms with Gasteiger partial charge in [0.2, 0.25) is 11.8 Å². The molecule has 11 heteroatoms. The third-order valence-corrected chi connectivity index (χ3v) is 9.69. The minimum atomic E-state index is -4.21. The van der Waals surface area contributed by atoms with Crippen LogP contribution in [-0.2, 0) is 26.2 Å². The largest absolute Gasteiger partial charge is 0.352 e. The zero-order valence-electron chi connectivity index (χ0n) is 22.6. The van der Waals surface area contributed by atoms with E-state index in [2.05, 4.69) is 5.32 Å². The summed E-state index contributed by atoms with van der Waals surface area (Å²) in [6.07, 6.45) is 5.02. The molecular weight excluding hydrogens is 605 g/mol. The number of hydrogen-bond acceptors (Lipinski definition) is 4. The van der Waals surface area contributed by atoms with E-state index in [-0.39, 0.29) is 29.1 Å². The van der Waals surface area contributed by atoms with Gasteiger partial charge in [0.05, 0.1) is 10.6 Å². The molecule has 1 N–H and O–H groups in total. The molecule has 1 aliphatic carbocycles. The molecule has 218 valence electrons. The van der Waals surface area contributed by atoms with Gasteiger partial charge in [0.1, 0.15) is 12.6 Å². The number of carbonyl (C=O) groups is 2. The average molecular weight is 637 g/mol. The van der Waals surface area contributed by atoms with Gasteiger partial charge in [0.15, 0.2) is 0 Å². The van der Waals surface area contributed by atoms with Gasteiger partial charge in [-0.2, -0.15) is 0 Å². The van der Waals surface area contributed by atoms with Gasteiger partial charge < -0.3 is 10.2 Å². The molecular formula is C30H32Cl3N3O4S. The van der Waals surface area contributed by atoms with Crippen molar-refractivity contribution in [3.05, 3.63) is 93.4 Å². The predicted octanol–water partition coefficient (Wildman–Crippen LogP) is 6.71. The Labute approximate surface area is 256 Å². The molecule has 0 bridgehead atoms. The van der Waals surface area contributed by atoms with Gasteiger partial charge in [0.25, 0.3) is 10.0 Å². The minimum absolute atomic E-state index is 0.0398. The van der Waals surface area contributed by atoms with Gasteiger partial charge in [-0.25, -0.2) is 8.42 Å². The number of nitrogens with zero attached hydrogens (tertiary/aromatic N) is 2. The number of sulfonamides is 1. The van der Waals surface area contributed by atoms with Crippen LogP contribution in [0.1, 0.15) is 44.6 Å². The number of carbonyl (C=O) groups excluding carboxylic acids is 2. The SMILES string of the molecule is C[C@@H](C(=O)NC1CCCCC1)N(Cc1ccc(Cl)cc1)C(=O)CN(c1cccc(Cl)c1)S(=O)(=O)c1ccc(Cl)cc1. The maximum atomic E-state index is 14.0. The molecule has 0 spiro atoms. The van der Waals surface area contributed by atoms with E-state index in [9.17, 15) is 18.0 Å². The first-order valence-electron chi connectivity index (χ1n) is 13.4. The van der Waals surface area contributed by atoms with Gasteiger partial charge in [-0.1, -0.05) is 72.3 Å². The third kappa shape index (κ3) is 8.16. The number of hydrogen-bond donors (Lipinski definition) is 1. The standard InChI is InChI=1S/C30H32Cl3N3O4S/c1-21(30(38)34-26-7-3-2-4-8-26)35(19-22-10-12-23(31)13-11-22)29(37)20-36(27-9-5-6-25(33)18-27)41(39,40)28-16-14-24(32)15-17-28/h5-6,9-18,21,26H,2-4,7-8,19-20H2,1H3,(H,34,38)/t21-/m0/s1. The summed E-state index contributed by atoms with van der Waals surface area (Å²) in [5, 5.41) is 4.31. The van der Waals surface area contributed by atoms with Crippen molar-refractivity contribution in [2.45, 2.75) is 62.6 Å². The van der Waals surface area contributed by atoms with Gasteiger partial charge in [-0.3, -0.25) is 13.9 Å². The summed E-state index contributed by atoms with van der Waals surface area (Å²) in [7, 11) is -4.21. The molecule has 0 radical (unpaired) electrons. The van der Waals surface area contributed by atoms with Crippen molar-refractivity contribution in [3.8, 4) is 0 Å². The summed E-state index contributed by atoms with van der Waals surface area (Å²) in [5.41, 5.74) is 0.960. The van der Waals surface area contributed by atoms with Crippen molar-refractivity contribution in [3.63, 3.8) is 0 Å². The highest BCUT2D eigenvalue weighted by Crippen LogP contribution is 2.28. The Kier molecular flexibility index (Phi) is 10.6. The summed E-state index contributed by atoms with van der Waals surface area (Å²) in [6.45, 7) is 1.18. The van der Waals surface area contributed by atoms with Crippen LogP contribution >= 0.6 is 34.8 Å². The highest BCUT2D eigenvalue weighted by atomic mass is 35.5. The maximum absolute atomic E-state index is 14.0. The molecule has 0 aliphatic heterocycles. The molecule has 7 nitrogen and oxygen atoms in total. The first kappa shape index (κ1) is 31.2. The summed E-state index contributed by atoms with van der Waals surface area (Å²) in [5.74, 6) is -0.835. The summed E-state index contributed by atoms with van der Waals surface area (Å²) >= 11 is 18.3. The Hall–Kier alpha value is -2.78. The molecule has 1 saturated carbocycles. The molecule has 41 heavy (non-hydrogen) atoms. The van der Waals surface area contributed by atoms with Crippen LogP contribution in [0.25, 0.3) is 0 Å². The lowest BCUT2D eigenvalue weighted by Gasteiger charge is -2.33. The first-order valence-corrected chi connectivity index (χ1v) is 16.0. The number of halogens is 3. The zero-order chi connectivity index (χ0) is 29.6. The second-order valence-electron chi connectivity index (χ2n) is 10.1. The van der Waals surface area contributed by atoms with Crippen LogP contribution in [0.15, 0.2) is 77.7 Å². The van der Waals surface area contributed by atoms with Crippen molar-refractivity contribution >= 4 is 62.3 Å². The molecule has 0 unspecified atom stereocenters.